The fraction of sp³-hybridized carbons (Fsp3) is 0.636. The first-order valence-electron chi connectivity index (χ1n) is 4.58. The second kappa shape index (κ2) is 9.17. The third-order valence-corrected chi connectivity index (χ3v) is 1.95. The topological polar surface area (TPSA) is 34.1 Å². The zero-order valence-corrected chi connectivity index (χ0v) is 9.26. The van der Waals surface area contributed by atoms with Crippen LogP contribution in [0.4, 0.5) is 0 Å². The van der Waals surface area contributed by atoms with Crippen molar-refractivity contribution in [1.29, 1.82) is 0 Å². The molecule has 2 nitrogen and oxygen atoms in total. The average molecular weight is 184 g/mol. The first-order valence-corrected chi connectivity index (χ1v) is 4.58. The van der Waals surface area contributed by atoms with Gasteiger partial charge in [-0.3, -0.25) is 9.59 Å². The number of rotatable bonds is 3. The largest absolute Gasteiger partial charge is 0.300 e. The van der Waals surface area contributed by atoms with E-state index in [0.717, 1.165) is 18.3 Å². The van der Waals surface area contributed by atoms with E-state index in [1.54, 1.807) is 19.9 Å². The molecule has 0 amide bonds. The van der Waals surface area contributed by atoms with Gasteiger partial charge in [0.25, 0.3) is 0 Å². The molecule has 0 bridgehead atoms. The summed E-state index contributed by atoms with van der Waals surface area (Å²) in [5.74, 6) is 0.558. The number of hydrogen-bond acceptors (Lipinski definition) is 2. The zero-order chi connectivity index (χ0) is 10.9. The van der Waals surface area contributed by atoms with Crippen molar-refractivity contribution in [3.05, 3.63) is 11.6 Å². The monoisotopic (exact) mass is 184 g/mol. The summed E-state index contributed by atoms with van der Waals surface area (Å²) in [6.07, 6.45) is 3.57. The molecule has 0 N–H and O–H groups in total. The molecule has 0 saturated heterocycles. The maximum Gasteiger partial charge on any atom is 0.145 e. The van der Waals surface area contributed by atoms with Crippen molar-refractivity contribution in [1.82, 2.24) is 0 Å². The zero-order valence-electron chi connectivity index (χ0n) is 9.26. The normalized spacial score (nSPS) is 12.5. The highest BCUT2D eigenvalue weighted by molar-refractivity contribution is 5.77. The van der Waals surface area contributed by atoms with Gasteiger partial charge in [0.05, 0.1) is 0 Å². The fourth-order valence-corrected chi connectivity index (χ4v) is 0.355. The van der Waals surface area contributed by atoms with E-state index in [-0.39, 0.29) is 5.92 Å². The second-order valence-electron chi connectivity index (χ2n) is 3.07. The lowest BCUT2D eigenvalue weighted by molar-refractivity contribution is -0.120. The Morgan fingerprint density at radius 3 is 1.85 bits per heavy atom. The molecule has 0 heterocycles. The first-order chi connectivity index (χ1) is 5.99. The third-order valence-electron chi connectivity index (χ3n) is 1.95. The van der Waals surface area contributed by atoms with Crippen molar-refractivity contribution in [3.63, 3.8) is 0 Å². The Kier molecular flexibility index (Phi) is 10.3. The third kappa shape index (κ3) is 11.1. The maximum absolute atomic E-state index is 10.4. The molecule has 0 rings (SSSR count). The molecule has 0 aliphatic carbocycles. The van der Waals surface area contributed by atoms with Gasteiger partial charge in [-0.15, -0.1) is 0 Å². The van der Waals surface area contributed by atoms with Crippen LogP contribution in [-0.4, -0.2) is 12.1 Å². The van der Waals surface area contributed by atoms with Gasteiger partial charge in [0.1, 0.15) is 12.1 Å². The van der Waals surface area contributed by atoms with Crippen molar-refractivity contribution in [3.8, 4) is 0 Å². The van der Waals surface area contributed by atoms with E-state index in [0.29, 0.717) is 5.78 Å². The number of carbonyl (C=O) groups is 2. The molecule has 0 radical (unpaired) electrons. The highest BCUT2D eigenvalue weighted by Crippen LogP contribution is 1.99. The van der Waals surface area contributed by atoms with Crippen LogP contribution in [0.3, 0.4) is 0 Å². The molecular formula is C11H20O2. The average Bonchev–Trinajstić information content (AvgIpc) is 2.16. The lowest BCUT2D eigenvalue weighted by atomic mass is 10.1. The molecule has 13 heavy (non-hydrogen) atoms. The molecule has 0 aromatic rings. The van der Waals surface area contributed by atoms with Gasteiger partial charge < -0.3 is 0 Å². The SMILES string of the molecule is CC=C(C)C=O.CCC(C)C(C)=O. The summed E-state index contributed by atoms with van der Waals surface area (Å²) in [5, 5.41) is 0. The van der Waals surface area contributed by atoms with E-state index >= 15 is 0 Å². The fourth-order valence-electron chi connectivity index (χ4n) is 0.355. The van der Waals surface area contributed by atoms with E-state index in [1.165, 1.54) is 0 Å². The summed E-state index contributed by atoms with van der Waals surface area (Å²) in [4.78, 5) is 20.0. The second-order valence-corrected chi connectivity index (χ2v) is 3.07. The molecule has 0 spiro atoms. The summed E-state index contributed by atoms with van der Waals surface area (Å²) in [6, 6.07) is 0. The number of hydrogen-bond donors (Lipinski definition) is 0. The quantitative estimate of drug-likeness (QED) is 0.499. The van der Waals surface area contributed by atoms with Crippen molar-refractivity contribution in [2.45, 2.75) is 41.0 Å². The van der Waals surface area contributed by atoms with Crippen LogP contribution in [0.1, 0.15) is 41.0 Å². The van der Waals surface area contributed by atoms with Gasteiger partial charge in [-0.1, -0.05) is 19.9 Å². The number of allylic oxidation sites excluding steroid dienone is 2. The molecule has 2 heteroatoms. The van der Waals surface area contributed by atoms with Gasteiger partial charge >= 0.3 is 0 Å². The molecule has 1 atom stereocenters. The van der Waals surface area contributed by atoms with E-state index in [9.17, 15) is 9.59 Å². The number of aldehydes is 1. The van der Waals surface area contributed by atoms with Crippen LogP contribution in [0.15, 0.2) is 11.6 Å². The molecule has 0 aliphatic rings. The van der Waals surface area contributed by atoms with Gasteiger partial charge in [-0.25, -0.2) is 0 Å². The lowest BCUT2D eigenvalue weighted by Crippen LogP contribution is -2.03. The number of carbonyl (C=O) groups excluding carboxylic acids is 2. The van der Waals surface area contributed by atoms with Crippen LogP contribution >= 0.6 is 0 Å². The van der Waals surface area contributed by atoms with Crippen molar-refractivity contribution in [2.75, 3.05) is 0 Å². The Balaban J connectivity index is 0. The van der Waals surface area contributed by atoms with Crippen LogP contribution in [0, 0.1) is 5.92 Å². The predicted molar refractivity (Wildman–Crippen MR) is 55.6 cm³/mol. The molecule has 0 aliphatic heterocycles. The lowest BCUT2D eigenvalue weighted by Gasteiger charge is -1.98. The molecular weight excluding hydrogens is 164 g/mol. The minimum atomic E-state index is 0.264. The van der Waals surface area contributed by atoms with Crippen LogP contribution in [0.2, 0.25) is 0 Å². The highest BCUT2D eigenvalue weighted by atomic mass is 16.1. The molecule has 0 fully saturated rings. The van der Waals surface area contributed by atoms with Crippen LogP contribution in [0.5, 0.6) is 0 Å². The van der Waals surface area contributed by atoms with Gasteiger partial charge in [0.2, 0.25) is 0 Å². The Hall–Kier alpha value is -0.920. The van der Waals surface area contributed by atoms with Gasteiger partial charge in [-0.2, -0.15) is 0 Å². The van der Waals surface area contributed by atoms with E-state index < -0.39 is 0 Å². The molecule has 76 valence electrons. The van der Waals surface area contributed by atoms with Crippen LogP contribution in [0.25, 0.3) is 0 Å². The Morgan fingerprint density at radius 1 is 1.38 bits per heavy atom. The Bertz CT molecular complexity index is 181. The summed E-state index contributed by atoms with van der Waals surface area (Å²) in [7, 11) is 0. The number of ketones is 1. The van der Waals surface area contributed by atoms with Gasteiger partial charge in [-0.05, 0) is 32.8 Å². The molecule has 1 unspecified atom stereocenters. The highest BCUT2D eigenvalue weighted by Gasteiger charge is 2.01. The molecule has 0 aromatic carbocycles. The first kappa shape index (κ1) is 14.6. The Labute approximate surface area is 81.0 Å². The van der Waals surface area contributed by atoms with Crippen LogP contribution in [-0.2, 0) is 9.59 Å². The van der Waals surface area contributed by atoms with E-state index in [4.69, 9.17) is 0 Å². The summed E-state index contributed by atoms with van der Waals surface area (Å²) < 4.78 is 0. The minimum Gasteiger partial charge on any atom is -0.300 e. The van der Waals surface area contributed by atoms with E-state index in [1.807, 2.05) is 20.8 Å². The van der Waals surface area contributed by atoms with Gasteiger partial charge in [0, 0.05) is 5.92 Å². The summed E-state index contributed by atoms with van der Waals surface area (Å²) in [6.45, 7) is 9.21. The van der Waals surface area contributed by atoms with Crippen molar-refractivity contribution < 1.29 is 9.59 Å². The van der Waals surface area contributed by atoms with Gasteiger partial charge in [0.15, 0.2) is 0 Å². The van der Waals surface area contributed by atoms with E-state index in [2.05, 4.69) is 0 Å². The standard InChI is InChI=1S/C6H12O.C5H8O/c1-4-5(2)6(3)7;1-3-5(2)4-6/h5H,4H2,1-3H3;3-4H,1-2H3. The molecule has 0 aromatic heterocycles. The predicted octanol–water partition coefficient (Wildman–Crippen LogP) is 2.77. The summed E-state index contributed by atoms with van der Waals surface area (Å²) >= 11 is 0. The maximum atomic E-state index is 10.4. The molecule has 0 saturated carbocycles. The smallest absolute Gasteiger partial charge is 0.145 e. The van der Waals surface area contributed by atoms with Crippen molar-refractivity contribution in [2.24, 2.45) is 5.92 Å². The number of Topliss-reactive ketones (excluding diaryl/α,β-unsaturated/α-hetero) is 1. The Morgan fingerprint density at radius 2 is 1.85 bits per heavy atom. The summed E-state index contributed by atoms with van der Waals surface area (Å²) in [5.41, 5.74) is 0.787. The van der Waals surface area contributed by atoms with Crippen LogP contribution < -0.4 is 0 Å². The minimum absolute atomic E-state index is 0.264. The van der Waals surface area contributed by atoms with Crippen molar-refractivity contribution >= 4 is 12.1 Å².